The molecule has 5 atom stereocenters. The van der Waals surface area contributed by atoms with Crippen LogP contribution in [0.25, 0.3) is 10.9 Å². The van der Waals surface area contributed by atoms with E-state index in [4.69, 9.17) is 47.1 Å². The molecule has 4 aromatic heterocycles. The van der Waals surface area contributed by atoms with Crippen LogP contribution in [0, 0.1) is 18.3 Å². The zero-order valence-electron chi connectivity index (χ0n) is 42.2. The van der Waals surface area contributed by atoms with E-state index in [0.717, 1.165) is 16.6 Å². The topological polar surface area (TPSA) is 301 Å². The second-order valence-electron chi connectivity index (χ2n) is 18.0. The van der Waals surface area contributed by atoms with Crippen molar-refractivity contribution in [3.05, 3.63) is 59.8 Å². The van der Waals surface area contributed by atoms with Gasteiger partial charge in [0.1, 0.15) is 36.7 Å². The molecule has 0 spiro atoms. The smallest absolute Gasteiger partial charge is 0.490 e. The van der Waals surface area contributed by atoms with Crippen molar-refractivity contribution in [2.24, 2.45) is 17.4 Å². The summed E-state index contributed by atoms with van der Waals surface area (Å²) in [4.78, 5) is 65.4. The normalized spacial score (nSPS) is 16.1. The van der Waals surface area contributed by atoms with Gasteiger partial charge in [-0.3, -0.25) is 9.59 Å². The Morgan fingerprint density at radius 2 is 1.41 bits per heavy atom. The Morgan fingerprint density at radius 3 is 2.01 bits per heavy atom. The third-order valence-corrected chi connectivity index (χ3v) is 12.8. The monoisotopic (exact) mass is 1090 g/mol. The summed E-state index contributed by atoms with van der Waals surface area (Å²) in [6, 6.07) is 6.27. The van der Waals surface area contributed by atoms with Gasteiger partial charge in [-0.05, 0) is 23.4 Å². The largest absolute Gasteiger partial charge is 1.00 e. The van der Waals surface area contributed by atoms with Crippen molar-refractivity contribution in [3.63, 3.8) is 0 Å². The number of aliphatic hydroxyl groups is 1. The van der Waals surface area contributed by atoms with Crippen molar-refractivity contribution >= 4 is 46.5 Å². The highest BCUT2D eigenvalue weighted by Crippen LogP contribution is 2.28. The van der Waals surface area contributed by atoms with Crippen LogP contribution < -0.4 is 39.0 Å². The number of nitrogens with two attached hydrogens (primary N) is 2. The molecule has 29 heteroatoms. The van der Waals surface area contributed by atoms with E-state index in [1.165, 1.54) is 15.6 Å². The van der Waals surface area contributed by atoms with Gasteiger partial charge in [0.15, 0.2) is 0 Å². The number of amides is 2. The standard InChI is InChI=1S/C47H64F3N17O8.ClH/c1-4-19-72-21-23-74-24-22-73-20-10-53-44-55-45(64-15-11-62(12-16-64)41(69)39(66-27-37(58-60-66)34(51)29-68)26-33-25-32-8-6-7-9-36(32)54-33)57-46(56-44)65-17-13-63(14-18-65)42(70)40(31(3)5-2)67-28-38(59-61-67)35(52)30-75-43(71)47(48,49)50;/h1,6-9,25,27-28,31,34-35,39-40,54,68H,5,10-24,26,29-30,51-52H2,2-3H3,(H,53,55,56,57);1H/p-1/t31-,34?,35?,39-,40?;/m0./s1. The lowest BCUT2D eigenvalue weighted by atomic mass is 9.97. The van der Waals surface area contributed by atoms with E-state index in [1.54, 1.807) is 16.0 Å². The number of benzene rings is 1. The number of alkyl halides is 3. The first-order valence-electron chi connectivity index (χ1n) is 24.7. The molecule has 2 aliphatic heterocycles. The second kappa shape index (κ2) is 27.9. The molecule has 0 saturated carbocycles. The molecule has 414 valence electrons. The number of terminal acetylenes is 1. The van der Waals surface area contributed by atoms with Crippen molar-refractivity contribution in [1.82, 2.24) is 59.7 Å². The molecule has 2 fully saturated rings. The number of hydrogen-bond acceptors (Lipinski definition) is 20. The van der Waals surface area contributed by atoms with Gasteiger partial charge >= 0.3 is 12.1 Å². The highest BCUT2D eigenvalue weighted by Gasteiger charge is 2.41. The molecule has 7 rings (SSSR count). The molecule has 7 N–H and O–H groups in total. The van der Waals surface area contributed by atoms with Gasteiger partial charge in [-0.1, -0.05) is 54.8 Å². The Hall–Kier alpha value is -6.74. The number of rotatable bonds is 26. The van der Waals surface area contributed by atoms with Crippen molar-refractivity contribution in [2.45, 2.75) is 57.0 Å². The average molecular weight is 1090 g/mol. The fourth-order valence-corrected chi connectivity index (χ4v) is 8.39. The number of aliphatic hydroxyl groups excluding tert-OH is 1. The SMILES string of the molecule is C#CCOCCOCCOCCNc1nc(N2CCN(C(=O)C([C@@H](C)CC)n3cc(C(N)COC(=O)C(F)(F)F)nn3)CC2)nc(N2CCN(C(=O)[C@H](Cc3cc4ccccc4[nH]3)n3cc(C(N)CO)nn3)CC2)n1.[Cl-]. The summed E-state index contributed by atoms with van der Waals surface area (Å²) in [6.07, 6.45) is 3.89. The summed E-state index contributed by atoms with van der Waals surface area (Å²) in [5, 5.41) is 30.5. The summed E-state index contributed by atoms with van der Waals surface area (Å²) in [7, 11) is 0. The van der Waals surface area contributed by atoms with E-state index >= 15 is 0 Å². The number of nitrogens with one attached hydrogen (secondary N) is 2. The highest BCUT2D eigenvalue weighted by atomic mass is 35.5. The molecule has 25 nitrogen and oxygen atoms in total. The van der Waals surface area contributed by atoms with Crippen LogP contribution in [-0.2, 0) is 39.8 Å². The predicted molar refractivity (Wildman–Crippen MR) is 265 cm³/mol. The van der Waals surface area contributed by atoms with Gasteiger partial charge in [0.05, 0.1) is 64.1 Å². The van der Waals surface area contributed by atoms with Gasteiger partial charge in [-0.2, -0.15) is 28.1 Å². The van der Waals surface area contributed by atoms with Crippen molar-refractivity contribution in [2.75, 3.05) is 127 Å². The Kier molecular flexibility index (Phi) is 21.5. The van der Waals surface area contributed by atoms with Crippen LogP contribution in [0.1, 0.15) is 61.5 Å². The lowest BCUT2D eigenvalue weighted by molar-refractivity contribution is -0.200. The molecule has 0 bridgehead atoms. The van der Waals surface area contributed by atoms with Gasteiger partial charge in [0, 0.05) is 76.5 Å². The number of nitrogens with zero attached hydrogens (tertiary/aromatic N) is 13. The number of carbonyl (C=O) groups is 3. The van der Waals surface area contributed by atoms with Gasteiger partial charge in [-0.15, -0.1) is 16.6 Å². The number of piperazine rings is 2. The quantitative estimate of drug-likeness (QED) is 0.0223. The number of H-pyrrole nitrogens is 1. The second-order valence-corrected chi connectivity index (χ2v) is 18.0. The van der Waals surface area contributed by atoms with Crippen molar-refractivity contribution in [1.29, 1.82) is 0 Å². The fourth-order valence-electron chi connectivity index (χ4n) is 8.39. The fraction of sp³-hybridized carbons (Fsp3) is 0.574. The maximum absolute atomic E-state index is 14.5. The molecule has 0 aliphatic carbocycles. The van der Waals surface area contributed by atoms with Gasteiger partial charge in [0.25, 0.3) is 0 Å². The maximum atomic E-state index is 14.5. The number of fused-ring (bicyclic) bond motifs is 1. The van der Waals surface area contributed by atoms with Crippen LogP contribution in [-0.4, -0.2) is 201 Å². The number of para-hydroxylation sites is 1. The molecule has 6 heterocycles. The first-order valence-corrected chi connectivity index (χ1v) is 24.7. The number of esters is 1. The average Bonchev–Trinajstić information content (AvgIpc) is 4.22. The summed E-state index contributed by atoms with van der Waals surface area (Å²) in [5.74, 6) is 0.430. The lowest BCUT2D eigenvalue weighted by Gasteiger charge is -2.38. The van der Waals surface area contributed by atoms with Crippen LogP contribution in [0.2, 0.25) is 0 Å². The minimum atomic E-state index is -5.18. The third kappa shape index (κ3) is 15.4. The summed E-state index contributed by atoms with van der Waals surface area (Å²) in [5.41, 5.74) is 14.2. The number of aromatic amines is 1. The Morgan fingerprint density at radius 1 is 0.829 bits per heavy atom. The first-order chi connectivity index (χ1) is 36.2. The summed E-state index contributed by atoms with van der Waals surface area (Å²) in [6.45, 7) is 7.75. The number of halogens is 4. The molecule has 2 aliphatic rings. The zero-order chi connectivity index (χ0) is 53.5. The molecular formula is C47H64ClF3N17O8-. The number of carbonyl (C=O) groups excluding carboxylic acids is 3. The molecule has 2 saturated heterocycles. The van der Waals surface area contributed by atoms with Crippen LogP contribution in [0.4, 0.5) is 31.0 Å². The van der Waals surface area contributed by atoms with Crippen LogP contribution in [0.5, 0.6) is 0 Å². The number of ether oxygens (including phenoxy) is 4. The molecule has 0 radical (unpaired) electrons. The van der Waals surface area contributed by atoms with Crippen molar-refractivity contribution < 1.29 is 64.0 Å². The van der Waals surface area contributed by atoms with E-state index in [2.05, 4.69) is 41.6 Å². The van der Waals surface area contributed by atoms with Crippen LogP contribution in [0.15, 0.2) is 42.7 Å². The molecule has 3 unspecified atom stereocenters. The first kappa shape index (κ1) is 58.5. The third-order valence-electron chi connectivity index (χ3n) is 12.8. The van der Waals surface area contributed by atoms with E-state index in [9.17, 15) is 32.7 Å². The molecule has 5 aromatic rings. The van der Waals surface area contributed by atoms with Gasteiger partial charge in [0.2, 0.25) is 29.7 Å². The van der Waals surface area contributed by atoms with Gasteiger partial charge < -0.3 is 77.8 Å². The van der Waals surface area contributed by atoms with Gasteiger partial charge in [-0.25, -0.2) is 14.2 Å². The molecule has 2 amide bonds. The Labute approximate surface area is 442 Å². The van der Waals surface area contributed by atoms with Crippen molar-refractivity contribution in [3.8, 4) is 12.3 Å². The Balaban J connectivity index is 0.00000937. The van der Waals surface area contributed by atoms with Crippen LogP contribution >= 0.6 is 0 Å². The highest BCUT2D eigenvalue weighted by molar-refractivity contribution is 5.83. The van der Waals surface area contributed by atoms with E-state index in [0.29, 0.717) is 115 Å². The van der Waals surface area contributed by atoms with E-state index in [-0.39, 0.29) is 62.1 Å². The number of hydrogen-bond donors (Lipinski definition) is 5. The minimum absolute atomic E-state index is 0. The lowest BCUT2D eigenvalue weighted by Crippen LogP contribution is -3.00. The molecule has 76 heavy (non-hydrogen) atoms. The number of anilines is 3. The minimum Gasteiger partial charge on any atom is -1.00 e. The molecular weight excluding hydrogens is 1020 g/mol. The van der Waals surface area contributed by atoms with Crippen LogP contribution in [0.3, 0.4) is 0 Å². The maximum Gasteiger partial charge on any atom is 0.490 e. The van der Waals surface area contributed by atoms with E-state index < -0.39 is 42.9 Å². The Bertz CT molecular complexity index is 2660. The molecule has 1 aromatic carbocycles. The van der Waals surface area contributed by atoms with E-state index in [1.807, 2.05) is 54.0 Å². The summed E-state index contributed by atoms with van der Waals surface area (Å²) < 4.78 is 61.8. The number of aromatic nitrogens is 10. The predicted octanol–water partition coefficient (Wildman–Crippen LogP) is -2.20. The summed E-state index contributed by atoms with van der Waals surface area (Å²) >= 11 is 0. The zero-order valence-corrected chi connectivity index (χ0v) is 43.0.